The lowest BCUT2D eigenvalue weighted by Gasteiger charge is -2.12. The molecule has 1 aromatic rings. The predicted molar refractivity (Wildman–Crippen MR) is 62.6 cm³/mol. The number of hydrogen-bond acceptors (Lipinski definition) is 2. The standard InChI is InChI=1S/C10H16BrNS/c1-8(2)9(11)4-3-5-10-12-6-7-13-10/h6-9H,3-5H2,1-2H3. The summed E-state index contributed by atoms with van der Waals surface area (Å²) in [6.45, 7) is 4.51. The van der Waals surface area contributed by atoms with Crippen LogP contribution in [0, 0.1) is 5.92 Å². The third kappa shape index (κ3) is 4.23. The fraction of sp³-hybridized carbons (Fsp3) is 0.700. The number of halogens is 1. The summed E-state index contributed by atoms with van der Waals surface area (Å²) in [6, 6.07) is 0. The molecule has 0 radical (unpaired) electrons. The molecule has 3 heteroatoms. The fourth-order valence-corrected chi connectivity index (χ4v) is 2.14. The van der Waals surface area contributed by atoms with Crippen molar-refractivity contribution in [3.8, 4) is 0 Å². The van der Waals surface area contributed by atoms with E-state index in [1.807, 2.05) is 11.6 Å². The molecule has 1 nitrogen and oxygen atoms in total. The molecule has 0 aromatic carbocycles. The zero-order valence-corrected chi connectivity index (χ0v) is 10.6. The van der Waals surface area contributed by atoms with Crippen LogP contribution in [0.5, 0.6) is 0 Å². The van der Waals surface area contributed by atoms with E-state index >= 15 is 0 Å². The van der Waals surface area contributed by atoms with Gasteiger partial charge in [-0.15, -0.1) is 11.3 Å². The third-order valence-electron chi connectivity index (χ3n) is 2.08. The second-order valence-corrected chi connectivity index (χ2v) is 5.73. The molecule has 0 aliphatic heterocycles. The Kier molecular flexibility index (Phi) is 4.96. The van der Waals surface area contributed by atoms with Gasteiger partial charge in [-0.2, -0.15) is 0 Å². The van der Waals surface area contributed by atoms with Crippen molar-refractivity contribution >= 4 is 27.3 Å². The van der Waals surface area contributed by atoms with E-state index in [4.69, 9.17) is 0 Å². The average molecular weight is 262 g/mol. The van der Waals surface area contributed by atoms with Crippen molar-refractivity contribution in [2.75, 3.05) is 0 Å². The molecule has 74 valence electrons. The lowest BCUT2D eigenvalue weighted by Crippen LogP contribution is -2.06. The van der Waals surface area contributed by atoms with Crippen LogP contribution in [0.3, 0.4) is 0 Å². The maximum absolute atomic E-state index is 4.26. The minimum Gasteiger partial charge on any atom is -0.250 e. The Hall–Kier alpha value is 0.110. The molecule has 1 heterocycles. The predicted octanol–water partition coefficient (Wildman–Crippen LogP) is 3.89. The van der Waals surface area contributed by atoms with Crippen LogP contribution in [-0.2, 0) is 6.42 Å². The van der Waals surface area contributed by atoms with Crippen LogP contribution in [0.25, 0.3) is 0 Å². The maximum atomic E-state index is 4.26. The zero-order chi connectivity index (χ0) is 9.68. The maximum Gasteiger partial charge on any atom is 0.0924 e. The van der Waals surface area contributed by atoms with Gasteiger partial charge in [-0.3, -0.25) is 0 Å². The molecule has 0 N–H and O–H groups in total. The minimum atomic E-state index is 0.660. The largest absolute Gasteiger partial charge is 0.250 e. The summed E-state index contributed by atoms with van der Waals surface area (Å²) in [7, 11) is 0. The van der Waals surface area contributed by atoms with E-state index in [1.165, 1.54) is 17.8 Å². The van der Waals surface area contributed by atoms with Gasteiger partial charge in [0.2, 0.25) is 0 Å². The highest BCUT2D eigenvalue weighted by Crippen LogP contribution is 2.19. The molecular formula is C10H16BrNS. The molecule has 1 atom stereocenters. The van der Waals surface area contributed by atoms with Crippen LogP contribution < -0.4 is 0 Å². The Morgan fingerprint density at radius 1 is 1.54 bits per heavy atom. The Morgan fingerprint density at radius 2 is 2.31 bits per heavy atom. The molecule has 0 aliphatic carbocycles. The SMILES string of the molecule is CC(C)C(Br)CCCc1nccs1. The first-order valence-electron chi connectivity index (χ1n) is 4.72. The first-order valence-corrected chi connectivity index (χ1v) is 6.52. The van der Waals surface area contributed by atoms with Gasteiger partial charge in [0.15, 0.2) is 0 Å². The zero-order valence-electron chi connectivity index (χ0n) is 8.16. The molecule has 1 unspecified atom stereocenters. The molecule has 0 bridgehead atoms. The van der Waals surface area contributed by atoms with Crippen molar-refractivity contribution in [1.82, 2.24) is 4.98 Å². The number of nitrogens with zero attached hydrogens (tertiary/aromatic N) is 1. The molecule has 0 spiro atoms. The number of rotatable bonds is 5. The van der Waals surface area contributed by atoms with Crippen LogP contribution in [0.4, 0.5) is 0 Å². The first-order chi connectivity index (χ1) is 6.20. The Bertz CT molecular complexity index is 221. The monoisotopic (exact) mass is 261 g/mol. The smallest absolute Gasteiger partial charge is 0.0924 e. The fourth-order valence-electron chi connectivity index (χ4n) is 1.16. The van der Waals surface area contributed by atoms with Crippen molar-refractivity contribution in [3.63, 3.8) is 0 Å². The Morgan fingerprint density at radius 3 is 2.85 bits per heavy atom. The van der Waals surface area contributed by atoms with E-state index < -0.39 is 0 Å². The van der Waals surface area contributed by atoms with Gasteiger partial charge in [-0.1, -0.05) is 29.8 Å². The topological polar surface area (TPSA) is 12.9 Å². The van der Waals surface area contributed by atoms with Gasteiger partial charge in [-0.25, -0.2) is 4.98 Å². The second kappa shape index (κ2) is 5.76. The lowest BCUT2D eigenvalue weighted by atomic mass is 10.1. The Labute approximate surface area is 92.7 Å². The van der Waals surface area contributed by atoms with E-state index in [0.29, 0.717) is 4.83 Å². The van der Waals surface area contributed by atoms with Crippen LogP contribution >= 0.6 is 27.3 Å². The minimum absolute atomic E-state index is 0.660. The van der Waals surface area contributed by atoms with Gasteiger partial charge >= 0.3 is 0 Å². The molecule has 13 heavy (non-hydrogen) atoms. The number of thiazole rings is 1. The summed E-state index contributed by atoms with van der Waals surface area (Å²) in [6.07, 6.45) is 5.50. The summed E-state index contributed by atoms with van der Waals surface area (Å²) in [5, 5.41) is 3.31. The molecule has 0 fully saturated rings. The number of aryl methyl sites for hydroxylation is 1. The molecule has 0 amide bonds. The van der Waals surface area contributed by atoms with Crippen molar-refractivity contribution in [3.05, 3.63) is 16.6 Å². The lowest BCUT2D eigenvalue weighted by molar-refractivity contribution is 0.562. The highest BCUT2D eigenvalue weighted by atomic mass is 79.9. The van der Waals surface area contributed by atoms with Crippen LogP contribution in [0.15, 0.2) is 11.6 Å². The highest BCUT2D eigenvalue weighted by molar-refractivity contribution is 9.09. The van der Waals surface area contributed by atoms with E-state index in [-0.39, 0.29) is 0 Å². The molecular weight excluding hydrogens is 246 g/mol. The van der Waals surface area contributed by atoms with Crippen molar-refractivity contribution in [2.45, 2.75) is 37.9 Å². The summed E-state index contributed by atoms with van der Waals surface area (Å²) in [4.78, 5) is 4.92. The molecule has 1 aromatic heterocycles. The van der Waals surface area contributed by atoms with Gasteiger partial charge in [0, 0.05) is 16.4 Å². The third-order valence-corrected chi connectivity index (χ3v) is 4.43. The molecule has 1 rings (SSSR count). The van der Waals surface area contributed by atoms with Gasteiger partial charge in [0.05, 0.1) is 5.01 Å². The molecule has 0 saturated heterocycles. The van der Waals surface area contributed by atoms with Crippen LogP contribution in [0.1, 0.15) is 31.7 Å². The molecule has 0 aliphatic rings. The summed E-state index contributed by atoms with van der Waals surface area (Å²) in [5.74, 6) is 0.733. The highest BCUT2D eigenvalue weighted by Gasteiger charge is 2.08. The van der Waals surface area contributed by atoms with Crippen LogP contribution in [0.2, 0.25) is 0 Å². The van der Waals surface area contributed by atoms with E-state index in [2.05, 4.69) is 34.8 Å². The summed E-state index contributed by atoms with van der Waals surface area (Å²) >= 11 is 5.45. The van der Waals surface area contributed by atoms with Crippen molar-refractivity contribution in [1.29, 1.82) is 0 Å². The number of hydrogen-bond donors (Lipinski definition) is 0. The number of alkyl halides is 1. The van der Waals surface area contributed by atoms with Gasteiger partial charge in [-0.05, 0) is 25.2 Å². The van der Waals surface area contributed by atoms with Crippen molar-refractivity contribution in [2.24, 2.45) is 5.92 Å². The summed E-state index contributed by atoms with van der Waals surface area (Å²) in [5.41, 5.74) is 0. The van der Waals surface area contributed by atoms with E-state index in [9.17, 15) is 0 Å². The Balaban J connectivity index is 2.14. The van der Waals surface area contributed by atoms with E-state index in [0.717, 1.165) is 12.3 Å². The second-order valence-electron chi connectivity index (χ2n) is 3.58. The first kappa shape index (κ1) is 11.2. The van der Waals surface area contributed by atoms with Gasteiger partial charge in [0.1, 0.15) is 0 Å². The number of aromatic nitrogens is 1. The van der Waals surface area contributed by atoms with Gasteiger partial charge in [0.25, 0.3) is 0 Å². The van der Waals surface area contributed by atoms with E-state index in [1.54, 1.807) is 11.3 Å². The molecule has 0 saturated carbocycles. The normalized spacial score (nSPS) is 13.5. The van der Waals surface area contributed by atoms with Gasteiger partial charge < -0.3 is 0 Å². The van der Waals surface area contributed by atoms with Crippen molar-refractivity contribution < 1.29 is 0 Å². The quantitative estimate of drug-likeness (QED) is 0.734. The average Bonchev–Trinajstić information content (AvgIpc) is 2.56. The summed E-state index contributed by atoms with van der Waals surface area (Å²) < 4.78 is 0. The van der Waals surface area contributed by atoms with Crippen LogP contribution in [-0.4, -0.2) is 9.81 Å².